The predicted octanol–water partition coefficient (Wildman–Crippen LogP) is 6.87. The molecule has 1 nitrogen and oxygen atoms in total. The zero-order chi connectivity index (χ0) is 18.5. The highest BCUT2D eigenvalue weighted by molar-refractivity contribution is 6.01. The van der Waals surface area contributed by atoms with E-state index >= 15 is 0 Å². The van der Waals surface area contributed by atoms with E-state index in [0.717, 1.165) is 39.2 Å². The van der Waals surface area contributed by atoms with Gasteiger partial charge >= 0.3 is 0 Å². The molecule has 0 spiro atoms. The van der Waals surface area contributed by atoms with Crippen LogP contribution in [0.4, 0.5) is 0 Å². The number of nitrogens with zero attached hydrogens (tertiary/aromatic N) is 1. The van der Waals surface area contributed by atoms with Gasteiger partial charge < -0.3 is 0 Å². The second kappa shape index (κ2) is 7.79. The van der Waals surface area contributed by atoms with Crippen molar-refractivity contribution in [2.24, 2.45) is 4.99 Å². The summed E-state index contributed by atoms with van der Waals surface area (Å²) in [4.78, 5) is 4.71. The maximum atomic E-state index is 4.71. The average Bonchev–Trinajstić information content (AvgIpc) is 2.68. The van der Waals surface area contributed by atoms with E-state index in [4.69, 9.17) is 4.99 Å². The minimum absolute atomic E-state index is 0.768. The van der Waals surface area contributed by atoms with Crippen molar-refractivity contribution < 1.29 is 0 Å². The van der Waals surface area contributed by atoms with Gasteiger partial charge in [0.1, 0.15) is 0 Å². The van der Waals surface area contributed by atoms with E-state index in [2.05, 4.69) is 73.8 Å². The first-order valence-corrected chi connectivity index (χ1v) is 8.71. The first-order valence-electron chi connectivity index (χ1n) is 8.71. The molecule has 3 rings (SSSR count). The van der Waals surface area contributed by atoms with Crippen LogP contribution in [0.1, 0.15) is 30.5 Å². The van der Waals surface area contributed by atoms with Crippen molar-refractivity contribution in [1.29, 1.82) is 0 Å². The lowest BCUT2D eigenvalue weighted by molar-refractivity contribution is 1.47. The van der Waals surface area contributed by atoms with Gasteiger partial charge in [-0.15, -0.1) is 0 Å². The Bertz CT molecular complexity index is 978. The van der Waals surface area contributed by atoms with Gasteiger partial charge in [0.15, 0.2) is 0 Å². The Labute approximate surface area is 156 Å². The molecule has 3 aromatic carbocycles. The predicted molar refractivity (Wildman–Crippen MR) is 114 cm³/mol. The number of aliphatic imine (C=N–C) groups is 1. The van der Waals surface area contributed by atoms with Gasteiger partial charge in [0.05, 0.1) is 5.70 Å². The number of hydrogen-bond acceptors (Lipinski definition) is 1. The summed E-state index contributed by atoms with van der Waals surface area (Å²) in [7, 11) is 0. The largest absolute Gasteiger partial charge is 0.253 e. The minimum Gasteiger partial charge on any atom is -0.253 e. The SMILES string of the molecule is C=C(C)c1cccc(-c2cccc(C(=C)N=C(C)c3ccccc3)c2)c1. The quantitative estimate of drug-likeness (QED) is 0.451. The summed E-state index contributed by atoms with van der Waals surface area (Å²) in [5.41, 5.74) is 8.41. The smallest absolute Gasteiger partial charge is 0.0633 e. The molecule has 3 aromatic rings. The lowest BCUT2D eigenvalue weighted by Crippen LogP contribution is -1.94. The maximum absolute atomic E-state index is 4.71. The third-order valence-corrected chi connectivity index (χ3v) is 4.38. The van der Waals surface area contributed by atoms with Crippen molar-refractivity contribution in [2.45, 2.75) is 13.8 Å². The molecule has 0 unspecified atom stereocenters. The summed E-state index contributed by atoms with van der Waals surface area (Å²) in [5, 5.41) is 0. The third-order valence-electron chi connectivity index (χ3n) is 4.38. The molecule has 0 aromatic heterocycles. The summed E-state index contributed by atoms with van der Waals surface area (Å²) in [6.07, 6.45) is 0. The molecule has 0 N–H and O–H groups in total. The number of rotatable bonds is 5. The third kappa shape index (κ3) is 4.07. The first-order chi connectivity index (χ1) is 12.5. The van der Waals surface area contributed by atoms with Crippen LogP contribution >= 0.6 is 0 Å². The Kier molecular flexibility index (Phi) is 5.28. The fourth-order valence-corrected chi connectivity index (χ4v) is 2.85. The van der Waals surface area contributed by atoms with Gasteiger partial charge in [-0.25, -0.2) is 0 Å². The summed E-state index contributed by atoms with van der Waals surface area (Å²) >= 11 is 0. The molecule has 0 bridgehead atoms. The Morgan fingerprint density at radius 1 is 0.654 bits per heavy atom. The molecule has 0 aliphatic rings. The van der Waals surface area contributed by atoms with Crippen LogP contribution in [-0.2, 0) is 0 Å². The molecule has 128 valence electrons. The van der Waals surface area contributed by atoms with E-state index in [0.29, 0.717) is 0 Å². The molecule has 0 atom stereocenters. The second-order valence-corrected chi connectivity index (χ2v) is 6.45. The highest BCUT2D eigenvalue weighted by Crippen LogP contribution is 2.26. The van der Waals surface area contributed by atoms with Gasteiger partial charge in [-0.05, 0) is 48.2 Å². The lowest BCUT2D eigenvalue weighted by Gasteiger charge is -2.09. The molecule has 26 heavy (non-hydrogen) atoms. The van der Waals surface area contributed by atoms with E-state index in [1.807, 2.05) is 32.0 Å². The van der Waals surface area contributed by atoms with Crippen LogP contribution < -0.4 is 0 Å². The molecular formula is C25H23N. The molecular weight excluding hydrogens is 314 g/mol. The van der Waals surface area contributed by atoms with E-state index in [9.17, 15) is 0 Å². The van der Waals surface area contributed by atoms with Gasteiger partial charge in [-0.1, -0.05) is 85.5 Å². The monoisotopic (exact) mass is 337 g/mol. The van der Waals surface area contributed by atoms with Crippen molar-refractivity contribution in [2.75, 3.05) is 0 Å². The Hall–Kier alpha value is -3.19. The van der Waals surface area contributed by atoms with E-state index in [1.165, 1.54) is 5.56 Å². The van der Waals surface area contributed by atoms with Crippen molar-refractivity contribution in [3.8, 4) is 11.1 Å². The molecule has 0 saturated carbocycles. The van der Waals surface area contributed by atoms with Crippen LogP contribution in [0.25, 0.3) is 22.4 Å². The molecule has 0 aliphatic carbocycles. The van der Waals surface area contributed by atoms with Crippen LogP contribution in [-0.4, -0.2) is 5.71 Å². The van der Waals surface area contributed by atoms with Crippen LogP contribution in [0.15, 0.2) is 97.0 Å². The number of benzene rings is 3. The number of hydrogen-bond donors (Lipinski definition) is 0. The second-order valence-electron chi connectivity index (χ2n) is 6.45. The first kappa shape index (κ1) is 17.6. The molecule has 0 saturated heterocycles. The minimum atomic E-state index is 0.768. The maximum Gasteiger partial charge on any atom is 0.0633 e. The highest BCUT2D eigenvalue weighted by Gasteiger charge is 2.04. The fourth-order valence-electron chi connectivity index (χ4n) is 2.85. The average molecular weight is 337 g/mol. The van der Waals surface area contributed by atoms with E-state index in [-0.39, 0.29) is 0 Å². The van der Waals surface area contributed by atoms with Gasteiger partial charge in [0, 0.05) is 11.3 Å². The Morgan fingerprint density at radius 2 is 1.19 bits per heavy atom. The molecule has 0 aliphatic heterocycles. The zero-order valence-electron chi connectivity index (χ0n) is 15.4. The van der Waals surface area contributed by atoms with Crippen LogP contribution in [0.3, 0.4) is 0 Å². The van der Waals surface area contributed by atoms with Crippen LogP contribution in [0.5, 0.6) is 0 Å². The fraction of sp³-hybridized carbons (Fsp3) is 0.0800. The van der Waals surface area contributed by atoms with Crippen molar-refractivity contribution in [3.63, 3.8) is 0 Å². The summed E-state index contributed by atoms with van der Waals surface area (Å²) < 4.78 is 0. The standard InChI is InChI=1S/C25H23N/c1-18(2)22-12-8-14-24(16-22)25-15-9-13-23(17-25)20(4)26-19(3)21-10-6-5-7-11-21/h5-17H,1,4H2,2-3H3. The molecule has 0 radical (unpaired) electrons. The molecule has 0 amide bonds. The Morgan fingerprint density at radius 3 is 1.81 bits per heavy atom. The van der Waals surface area contributed by atoms with Gasteiger partial charge in [0.2, 0.25) is 0 Å². The van der Waals surface area contributed by atoms with E-state index < -0.39 is 0 Å². The zero-order valence-corrected chi connectivity index (χ0v) is 15.4. The van der Waals surface area contributed by atoms with Crippen LogP contribution in [0, 0.1) is 0 Å². The Balaban J connectivity index is 1.91. The summed E-state index contributed by atoms with van der Waals surface area (Å²) in [6, 6.07) is 27.0. The van der Waals surface area contributed by atoms with Crippen molar-refractivity contribution in [3.05, 3.63) is 109 Å². The van der Waals surface area contributed by atoms with Gasteiger partial charge in [-0.2, -0.15) is 0 Å². The molecule has 0 fully saturated rings. The topological polar surface area (TPSA) is 12.4 Å². The van der Waals surface area contributed by atoms with Crippen LogP contribution in [0.2, 0.25) is 0 Å². The van der Waals surface area contributed by atoms with Crippen molar-refractivity contribution in [1.82, 2.24) is 0 Å². The lowest BCUT2D eigenvalue weighted by atomic mass is 9.98. The highest BCUT2D eigenvalue weighted by atomic mass is 14.7. The van der Waals surface area contributed by atoms with E-state index in [1.54, 1.807) is 0 Å². The van der Waals surface area contributed by atoms with Gasteiger partial charge in [0.25, 0.3) is 0 Å². The summed E-state index contributed by atoms with van der Waals surface area (Å²) in [6.45, 7) is 12.2. The molecule has 1 heteroatoms. The number of allylic oxidation sites excluding steroid dienone is 1. The molecule has 0 heterocycles. The normalized spacial score (nSPS) is 11.2. The van der Waals surface area contributed by atoms with Gasteiger partial charge in [-0.3, -0.25) is 4.99 Å². The van der Waals surface area contributed by atoms with Crippen molar-refractivity contribution >= 4 is 17.0 Å². The summed E-state index contributed by atoms with van der Waals surface area (Å²) in [5.74, 6) is 0.